The largest absolute Gasteiger partial charge is 0.207 e. The number of hydrogen-bond acceptors (Lipinski definition) is 0. The van der Waals surface area contributed by atoms with E-state index in [-0.39, 0.29) is 0 Å². The molecule has 21 heteroatoms. The minimum absolute atomic E-state index is 0.431. The van der Waals surface area contributed by atoms with Crippen molar-refractivity contribution in [1.82, 2.24) is 0 Å². The minimum Gasteiger partial charge on any atom is -0.207 e. The first-order valence-electron chi connectivity index (χ1n) is 10.9. The Balaban J connectivity index is 2.69. The molecule has 0 saturated heterocycles. The summed E-state index contributed by atoms with van der Waals surface area (Å²) in [6, 6.07) is 0. The van der Waals surface area contributed by atoms with Crippen LogP contribution in [0.2, 0.25) is 0 Å². The first-order chi connectivity index (χ1) is 20.7. The Morgan fingerprint density at radius 3 is 0.578 bits per heavy atom. The highest BCUT2D eigenvalue weighted by molar-refractivity contribution is 14.1. The lowest BCUT2D eigenvalue weighted by Gasteiger charge is -2.45. The van der Waals surface area contributed by atoms with Crippen LogP contribution in [-0.4, -0.2) is 6.15 Å². The Kier molecular flexibility index (Phi) is 9.14. The van der Waals surface area contributed by atoms with Gasteiger partial charge in [0.05, 0.1) is 0 Å². The van der Waals surface area contributed by atoms with Gasteiger partial charge in [-0.3, -0.25) is 0 Å². The second kappa shape index (κ2) is 11.7. The summed E-state index contributed by atoms with van der Waals surface area (Å²) < 4.78 is 264. The van der Waals surface area contributed by atoms with E-state index in [2.05, 4.69) is 0 Å². The molecule has 0 unspecified atom stereocenters. The molecule has 0 aliphatic carbocycles. The van der Waals surface area contributed by atoms with E-state index in [4.69, 9.17) is 0 Å². The molecular formula is C24BF18I2-. The van der Waals surface area contributed by atoms with E-state index in [1.807, 2.05) is 0 Å². The van der Waals surface area contributed by atoms with Crippen LogP contribution in [0.3, 0.4) is 0 Å². The molecule has 0 aliphatic heterocycles. The van der Waals surface area contributed by atoms with Gasteiger partial charge in [-0.1, -0.05) is 0 Å². The van der Waals surface area contributed by atoms with Gasteiger partial charge in [0.1, 0.15) is 41.0 Å². The molecule has 0 radical (unpaired) electrons. The van der Waals surface area contributed by atoms with Crippen molar-refractivity contribution in [2.45, 2.75) is 0 Å². The molecule has 45 heavy (non-hydrogen) atoms. The molecule has 0 nitrogen and oxygen atoms in total. The van der Waals surface area contributed by atoms with Crippen LogP contribution in [0, 0.1) is 112 Å². The highest BCUT2D eigenvalue weighted by atomic mass is 127. The van der Waals surface area contributed by atoms with Crippen molar-refractivity contribution in [3.05, 3.63) is 112 Å². The first-order valence-corrected chi connectivity index (χ1v) is 13.1. The molecule has 4 aromatic rings. The molecular weight excluding hydrogens is 895 g/mol. The Labute approximate surface area is 263 Å². The zero-order valence-corrected chi connectivity index (χ0v) is 24.5. The molecule has 0 N–H and O–H groups in total. The van der Waals surface area contributed by atoms with Crippen molar-refractivity contribution in [3.8, 4) is 0 Å². The fourth-order valence-electron chi connectivity index (χ4n) is 4.87. The van der Waals surface area contributed by atoms with Gasteiger partial charge >= 0.3 is 0 Å². The number of halogens is 20. The molecule has 240 valence electrons. The summed E-state index contributed by atoms with van der Waals surface area (Å²) >= 11 is 0.861. The van der Waals surface area contributed by atoms with Gasteiger partial charge in [-0.05, 0) is 45.2 Å². The van der Waals surface area contributed by atoms with Crippen LogP contribution in [0.4, 0.5) is 79.0 Å². The van der Waals surface area contributed by atoms with Crippen LogP contribution < -0.4 is 21.9 Å². The molecule has 4 rings (SSSR count). The van der Waals surface area contributed by atoms with Crippen molar-refractivity contribution in [3.63, 3.8) is 0 Å². The number of benzene rings is 4. The first kappa shape index (κ1) is 35.0. The Morgan fingerprint density at radius 2 is 0.378 bits per heavy atom. The SMILES string of the molecule is Fc1c(F)c(F)c([B-](c2c(F)c(F)c(F)c(F)c2F)(c2c(F)c(F)c(F)c(F)c2F)c2c(I)c(F)c(F)c(F)c2I)c(F)c1F. The van der Waals surface area contributed by atoms with E-state index in [0.717, 1.165) is 0 Å². The van der Waals surface area contributed by atoms with Crippen molar-refractivity contribution >= 4 is 73.2 Å². The molecule has 0 aromatic heterocycles. The van der Waals surface area contributed by atoms with E-state index in [1.54, 1.807) is 0 Å². The number of hydrogen-bond donors (Lipinski definition) is 0. The average molecular weight is 895 g/mol. The third-order valence-electron chi connectivity index (χ3n) is 6.71. The zero-order valence-electron chi connectivity index (χ0n) is 20.1. The minimum atomic E-state index is -6.48. The van der Waals surface area contributed by atoms with Gasteiger partial charge < -0.3 is 0 Å². The second-order valence-electron chi connectivity index (χ2n) is 8.80. The fraction of sp³-hybridized carbons (Fsp3) is 0. The van der Waals surface area contributed by atoms with Crippen LogP contribution in [0.5, 0.6) is 0 Å². The van der Waals surface area contributed by atoms with Crippen LogP contribution in [0.15, 0.2) is 0 Å². The highest BCUT2D eigenvalue weighted by Gasteiger charge is 2.51. The summed E-state index contributed by atoms with van der Waals surface area (Å²) in [5, 5.41) is 0. The van der Waals surface area contributed by atoms with Crippen molar-refractivity contribution in [2.75, 3.05) is 0 Å². The van der Waals surface area contributed by atoms with E-state index >= 15 is 26.3 Å². The molecule has 0 atom stereocenters. The standard InChI is InChI=1S/C24BF18I2/c26-5-1(6(27)12(33)17(38)11(5)32)25(2-7(28)13(34)18(39)14(35)8(2)29,3-9(30)15(36)19(40)16(37)10(3)31)4-23(44)21(42)20(41)22(43)24(4)45/q-1. The Morgan fingerprint density at radius 1 is 0.222 bits per heavy atom. The molecule has 0 saturated carbocycles. The molecule has 0 bridgehead atoms. The smallest absolute Gasteiger partial charge is 0.200 e. The molecule has 0 fully saturated rings. The molecule has 0 heterocycles. The van der Waals surface area contributed by atoms with E-state index in [9.17, 15) is 52.7 Å². The van der Waals surface area contributed by atoms with Gasteiger partial charge in [-0.25, -0.2) is 79.0 Å². The summed E-state index contributed by atoms with van der Waals surface area (Å²) in [6.07, 6.45) is -6.48. The Bertz CT molecular complexity index is 1580. The normalized spacial score (nSPS) is 12.0. The van der Waals surface area contributed by atoms with Gasteiger partial charge in [0.2, 0.25) is 0 Å². The fourth-order valence-corrected chi connectivity index (χ4v) is 7.34. The third-order valence-corrected chi connectivity index (χ3v) is 8.82. The topological polar surface area (TPSA) is 0 Å². The highest BCUT2D eigenvalue weighted by Crippen LogP contribution is 2.32. The van der Waals surface area contributed by atoms with E-state index in [1.165, 1.54) is 0 Å². The van der Waals surface area contributed by atoms with Crippen molar-refractivity contribution < 1.29 is 79.0 Å². The maximum Gasteiger partial charge on any atom is 0.200 e. The van der Waals surface area contributed by atoms with Gasteiger partial charge in [-0.2, -0.15) is 5.46 Å². The number of rotatable bonds is 4. The molecule has 0 aliphatic rings. The van der Waals surface area contributed by atoms with Crippen molar-refractivity contribution in [1.29, 1.82) is 0 Å². The zero-order chi connectivity index (χ0) is 34.4. The van der Waals surface area contributed by atoms with E-state index < -0.39 is 140 Å². The maximum atomic E-state index is 15.6. The lowest BCUT2D eigenvalue weighted by atomic mass is 9.12. The molecule has 0 spiro atoms. The lowest BCUT2D eigenvalue weighted by molar-refractivity contribution is 0.379. The summed E-state index contributed by atoms with van der Waals surface area (Å²) in [5.74, 6) is -57.5. The predicted octanol–water partition coefficient (Wildman–Crippen LogP) is 6.78. The van der Waals surface area contributed by atoms with Crippen LogP contribution >= 0.6 is 45.2 Å². The summed E-state index contributed by atoms with van der Waals surface area (Å²) in [6.45, 7) is 0. The third kappa shape index (κ3) is 4.59. The van der Waals surface area contributed by atoms with Gasteiger partial charge in [-0.15, -0.1) is 16.4 Å². The molecule has 4 aromatic carbocycles. The summed E-state index contributed by atoms with van der Waals surface area (Å²) in [7, 11) is 0. The Hall–Kier alpha value is -2.86. The van der Waals surface area contributed by atoms with Gasteiger partial charge in [0.25, 0.3) is 0 Å². The lowest BCUT2D eigenvalue weighted by Crippen LogP contribution is -2.81. The second-order valence-corrected chi connectivity index (χ2v) is 11.0. The molecule has 0 amide bonds. The quantitative estimate of drug-likeness (QED) is 0.0698. The van der Waals surface area contributed by atoms with Gasteiger partial charge in [0.15, 0.2) is 69.8 Å². The van der Waals surface area contributed by atoms with Crippen LogP contribution in [-0.2, 0) is 0 Å². The van der Waals surface area contributed by atoms with E-state index in [0.29, 0.717) is 45.2 Å². The van der Waals surface area contributed by atoms with Crippen LogP contribution in [0.1, 0.15) is 0 Å². The monoisotopic (exact) mass is 895 g/mol. The maximum absolute atomic E-state index is 15.6. The summed E-state index contributed by atoms with van der Waals surface area (Å²) in [5.41, 5.74) is -11.6. The summed E-state index contributed by atoms with van der Waals surface area (Å²) in [4.78, 5) is 0. The average Bonchev–Trinajstić information content (AvgIpc) is 3.00. The predicted molar refractivity (Wildman–Crippen MR) is 135 cm³/mol. The van der Waals surface area contributed by atoms with Gasteiger partial charge in [0, 0.05) is 7.14 Å². The van der Waals surface area contributed by atoms with Crippen molar-refractivity contribution in [2.24, 2.45) is 0 Å². The van der Waals surface area contributed by atoms with Crippen LogP contribution in [0.25, 0.3) is 0 Å².